The van der Waals surface area contributed by atoms with Gasteiger partial charge in [-0.2, -0.15) is 0 Å². The minimum absolute atomic E-state index is 0. The summed E-state index contributed by atoms with van der Waals surface area (Å²) in [6, 6.07) is 0. The molecule has 0 aliphatic carbocycles. The van der Waals surface area contributed by atoms with Crippen LogP contribution in [0.4, 0.5) is 0 Å². The summed E-state index contributed by atoms with van der Waals surface area (Å²) in [5.74, 6) is -3.65. The zero-order chi connectivity index (χ0) is 5.15. The van der Waals surface area contributed by atoms with Gasteiger partial charge in [0.05, 0.1) is 0 Å². The normalized spacial score (nSPS) is 4.89. The summed E-state index contributed by atoms with van der Waals surface area (Å²) in [6.45, 7) is 0. The first-order chi connectivity index (χ1) is 2.64. The fourth-order valence-corrected chi connectivity index (χ4v) is 0. The second-order valence-electron chi connectivity index (χ2n) is 0.610. The molecule has 0 saturated carbocycles. The molecule has 9 heavy (non-hydrogen) atoms. The summed E-state index contributed by atoms with van der Waals surface area (Å²) in [5.41, 5.74) is 0. The van der Waals surface area contributed by atoms with Gasteiger partial charge in [-0.3, -0.25) is 0 Å². The van der Waals surface area contributed by atoms with Crippen LogP contribution in [0.2, 0.25) is 0 Å². The Kier molecular flexibility index (Phi) is 30.7. The summed E-state index contributed by atoms with van der Waals surface area (Å²) in [7, 11) is 0. The van der Waals surface area contributed by atoms with Crippen molar-refractivity contribution >= 4 is 98.0 Å². The van der Waals surface area contributed by atoms with Crippen LogP contribution in [-0.4, -0.2) is 108 Å². The molecule has 0 atom stereocenters. The second-order valence-corrected chi connectivity index (χ2v) is 0.610. The molecule has 0 aliphatic heterocycles. The third-order valence-electron chi connectivity index (χ3n) is 0.183. The molecule has 0 unspecified atom stereocenters. The topological polar surface area (TPSA) is 74.6 Å². The first-order valence-electron chi connectivity index (χ1n) is 1.11. The van der Waals surface area contributed by atoms with E-state index in [0.29, 0.717) is 0 Å². The average molecular weight is 190 g/mol. The van der Waals surface area contributed by atoms with Crippen LogP contribution in [0, 0.1) is 0 Å². The quantitative estimate of drug-likeness (QED) is 0.303. The molecule has 0 fully saturated rings. The van der Waals surface area contributed by atoms with Gasteiger partial charge in [0.1, 0.15) is 0 Å². The molecule has 0 heterocycles. The third kappa shape index (κ3) is 17.7. The Hall–Kier alpha value is 1.64. The Morgan fingerprint density at radius 1 is 0.889 bits per heavy atom. The van der Waals surface area contributed by atoms with Gasteiger partial charge in [-0.15, -0.1) is 0 Å². The molecule has 0 spiro atoms. The van der Waals surface area contributed by atoms with Crippen molar-refractivity contribution in [2.75, 3.05) is 0 Å². The van der Waals surface area contributed by atoms with Gasteiger partial charge >= 0.3 is 63.3 Å². The van der Waals surface area contributed by atoms with Crippen LogP contribution in [-0.2, 0) is 9.59 Å². The van der Waals surface area contributed by atoms with Crippen molar-refractivity contribution in [3.63, 3.8) is 0 Å². The van der Waals surface area contributed by atoms with E-state index in [1.54, 1.807) is 0 Å². The fourth-order valence-electron chi connectivity index (χ4n) is 0. The van der Waals surface area contributed by atoms with E-state index in [1.165, 1.54) is 0 Å². The first-order valence-corrected chi connectivity index (χ1v) is 1.11. The molecule has 4 nitrogen and oxygen atoms in total. The van der Waals surface area contributed by atoms with Crippen molar-refractivity contribution in [2.24, 2.45) is 0 Å². The van der Waals surface area contributed by atoms with Crippen molar-refractivity contribution in [2.45, 2.75) is 0 Å². The molecule has 0 aliphatic rings. The van der Waals surface area contributed by atoms with E-state index in [1.807, 2.05) is 0 Å². The predicted molar refractivity (Wildman–Crippen MR) is 42.3 cm³/mol. The number of rotatable bonds is 0. The van der Waals surface area contributed by atoms with Crippen LogP contribution in [0.3, 0.4) is 0 Å². The molecule has 0 rings (SSSR count). The number of carboxylic acid groups (broad SMARTS) is 2. The molecule has 0 radical (unpaired) electrons. The molecule has 48 valence electrons. The molecule has 0 bridgehead atoms. The van der Waals surface area contributed by atoms with Crippen LogP contribution < -0.4 is 0 Å². The van der Waals surface area contributed by atoms with Crippen LogP contribution in [0.15, 0.2) is 0 Å². The Labute approximate surface area is 116 Å². The van der Waals surface area contributed by atoms with Crippen molar-refractivity contribution < 1.29 is 19.8 Å². The standard InChI is InChI=1S/C2H2O4.2Al.K.7H/c3-1(4)2(5)6;;;;;;;;;;/h(H,3,4)(H,5,6);;;;;;;;;;. The van der Waals surface area contributed by atoms with Gasteiger partial charge in [0.25, 0.3) is 0 Å². The summed E-state index contributed by atoms with van der Waals surface area (Å²) < 4.78 is 0. The Morgan fingerprint density at radius 3 is 1.00 bits per heavy atom. The maximum atomic E-state index is 9.10. The van der Waals surface area contributed by atoms with Crippen molar-refractivity contribution in [1.82, 2.24) is 0 Å². The van der Waals surface area contributed by atoms with Gasteiger partial charge in [0.2, 0.25) is 0 Å². The molecule has 0 saturated heterocycles. The maximum absolute atomic E-state index is 9.10. The summed E-state index contributed by atoms with van der Waals surface area (Å²) >= 11 is 0. The molecule has 2 N–H and O–H groups in total. The molecular formula is C2H9Al2KO4. The van der Waals surface area contributed by atoms with Gasteiger partial charge in [-0.05, 0) is 0 Å². The Bertz CT molecular complexity index is 82.6. The number of carboxylic acids is 2. The summed E-state index contributed by atoms with van der Waals surface area (Å²) in [6.07, 6.45) is 0. The van der Waals surface area contributed by atoms with Gasteiger partial charge < -0.3 is 10.2 Å². The molecule has 0 aromatic carbocycles. The molecule has 0 amide bonds. The van der Waals surface area contributed by atoms with E-state index < -0.39 is 11.9 Å². The first kappa shape index (κ1) is 22.4. The van der Waals surface area contributed by atoms with E-state index in [9.17, 15) is 0 Å². The van der Waals surface area contributed by atoms with Crippen LogP contribution in [0.5, 0.6) is 0 Å². The van der Waals surface area contributed by atoms with E-state index >= 15 is 0 Å². The zero-order valence-corrected chi connectivity index (χ0v) is 2.71. The summed E-state index contributed by atoms with van der Waals surface area (Å²) in [4.78, 5) is 18.2. The SMILES string of the molecule is O=C(O)C(=O)O.[AlH3].[AlH3].[KH]. The van der Waals surface area contributed by atoms with E-state index in [4.69, 9.17) is 19.8 Å². The Morgan fingerprint density at radius 2 is 1.00 bits per heavy atom. The molecular weight excluding hydrogens is 181 g/mol. The molecule has 0 aromatic rings. The van der Waals surface area contributed by atoms with Crippen LogP contribution in [0.25, 0.3) is 0 Å². The number of aliphatic carboxylic acids is 2. The predicted octanol–water partition coefficient (Wildman–Crippen LogP) is -3.86. The van der Waals surface area contributed by atoms with Crippen molar-refractivity contribution in [1.29, 1.82) is 0 Å². The van der Waals surface area contributed by atoms with Crippen LogP contribution in [0.1, 0.15) is 0 Å². The number of hydrogen-bond donors (Lipinski definition) is 2. The average Bonchev–Trinajstić information content (AvgIpc) is 1.36. The van der Waals surface area contributed by atoms with E-state index in [-0.39, 0.29) is 86.1 Å². The third-order valence-corrected chi connectivity index (χ3v) is 0.183. The van der Waals surface area contributed by atoms with Crippen molar-refractivity contribution in [3.05, 3.63) is 0 Å². The summed E-state index contributed by atoms with van der Waals surface area (Å²) in [5, 5.41) is 14.8. The monoisotopic (exact) mass is 190 g/mol. The van der Waals surface area contributed by atoms with E-state index in [0.717, 1.165) is 0 Å². The van der Waals surface area contributed by atoms with Gasteiger partial charge in [-0.25, -0.2) is 9.59 Å². The minimum atomic E-state index is -1.82. The zero-order valence-electron chi connectivity index (χ0n) is 2.71. The van der Waals surface area contributed by atoms with Gasteiger partial charge in [-0.1, -0.05) is 0 Å². The molecule has 7 heteroatoms. The molecule has 0 aromatic heterocycles. The van der Waals surface area contributed by atoms with Crippen LogP contribution >= 0.6 is 0 Å². The van der Waals surface area contributed by atoms with E-state index in [2.05, 4.69) is 0 Å². The van der Waals surface area contributed by atoms with Gasteiger partial charge in [0, 0.05) is 0 Å². The Balaban J connectivity index is -0.0000000417. The number of hydrogen-bond acceptors (Lipinski definition) is 2. The van der Waals surface area contributed by atoms with Crippen molar-refractivity contribution in [3.8, 4) is 0 Å². The van der Waals surface area contributed by atoms with Gasteiger partial charge in [0.15, 0.2) is 34.7 Å². The second kappa shape index (κ2) is 12.3. The number of carbonyl (C=O) groups is 2. The fraction of sp³-hybridized carbons (Fsp3) is 0.